The largest absolute Gasteiger partial charge is 0.385 e. The van der Waals surface area contributed by atoms with Crippen LogP contribution in [-0.2, 0) is 13.5 Å². The highest BCUT2D eigenvalue weighted by atomic mass is 16.3. The first-order chi connectivity index (χ1) is 10.3. The molecule has 0 bridgehead atoms. The van der Waals surface area contributed by atoms with Crippen molar-refractivity contribution in [2.45, 2.75) is 6.42 Å². The fourth-order valence-electron chi connectivity index (χ4n) is 2.61. The third-order valence-electron chi connectivity index (χ3n) is 3.68. The lowest BCUT2D eigenvalue weighted by atomic mass is 10.1. The Balaban J connectivity index is 1.67. The summed E-state index contributed by atoms with van der Waals surface area (Å²) in [6.45, 7) is 0.849. The van der Waals surface area contributed by atoms with Crippen molar-refractivity contribution in [1.29, 1.82) is 0 Å². The summed E-state index contributed by atoms with van der Waals surface area (Å²) in [5.74, 6) is 0. The molecule has 2 aromatic carbocycles. The van der Waals surface area contributed by atoms with Crippen molar-refractivity contribution in [3.05, 3.63) is 65.2 Å². The fraction of sp³-hybridized carbons (Fsp3) is 0.176. The van der Waals surface area contributed by atoms with Crippen molar-refractivity contribution in [2.75, 3.05) is 11.9 Å². The summed E-state index contributed by atoms with van der Waals surface area (Å²) in [6, 6.07) is 15.6. The zero-order valence-corrected chi connectivity index (χ0v) is 11.9. The van der Waals surface area contributed by atoms with E-state index in [1.165, 1.54) is 16.5 Å². The second-order valence-electron chi connectivity index (χ2n) is 5.10. The Morgan fingerprint density at radius 1 is 1.10 bits per heavy atom. The molecule has 3 aromatic rings. The Morgan fingerprint density at radius 2 is 1.86 bits per heavy atom. The van der Waals surface area contributed by atoms with Gasteiger partial charge in [-0.15, -0.1) is 4.91 Å². The first-order valence-corrected chi connectivity index (χ1v) is 6.98. The lowest BCUT2D eigenvalue weighted by molar-refractivity contribution is 0.943. The molecule has 0 saturated carbocycles. The number of nitroso groups, excluding NO2 is 1. The summed E-state index contributed by atoms with van der Waals surface area (Å²) in [5, 5.41) is 7.57. The van der Waals surface area contributed by atoms with Gasteiger partial charge in [-0.25, -0.2) is 0 Å². The van der Waals surface area contributed by atoms with Crippen LogP contribution in [0.1, 0.15) is 5.56 Å². The van der Waals surface area contributed by atoms with Gasteiger partial charge in [-0.2, -0.15) is 0 Å². The zero-order chi connectivity index (χ0) is 14.7. The number of hydrogen-bond donors (Lipinski definition) is 1. The molecule has 0 amide bonds. The topological polar surface area (TPSA) is 46.4 Å². The minimum atomic E-state index is 0.453. The Morgan fingerprint density at radius 3 is 2.62 bits per heavy atom. The van der Waals surface area contributed by atoms with Crippen LogP contribution in [0.4, 0.5) is 11.4 Å². The van der Waals surface area contributed by atoms with E-state index in [4.69, 9.17) is 0 Å². The number of nitrogens with zero attached hydrogens (tertiary/aromatic N) is 2. The first-order valence-electron chi connectivity index (χ1n) is 6.98. The SMILES string of the molecule is Cn1cc(CCNc2ccc(N=O)cc2)c2ccccc21. The van der Waals surface area contributed by atoms with Crippen molar-refractivity contribution in [2.24, 2.45) is 12.2 Å². The summed E-state index contributed by atoms with van der Waals surface area (Å²) >= 11 is 0. The molecule has 1 heterocycles. The standard InChI is InChI=1S/C17H17N3O/c1-20-12-13(16-4-2-3-5-17(16)20)10-11-18-14-6-8-15(19-21)9-7-14/h2-9,12,18H,10-11H2,1H3. The van der Waals surface area contributed by atoms with E-state index in [-0.39, 0.29) is 0 Å². The van der Waals surface area contributed by atoms with Crippen molar-refractivity contribution in [3.8, 4) is 0 Å². The van der Waals surface area contributed by atoms with Crippen LogP contribution >= 0.6 is 0 Å². The minimum Gasteiger partial charge on any atom is -0.385 e. The van der Waals surface area contributed by atoms with E-state index in [2.05, 4.69) is 52.6 Å². The number of aromatic nitrogens is 1. The molecule has 1 N–H and O–H groups in total. The maximum Gasteiger partial charge on any atom is 0.108 e. The average Bonchev–Trinajstić information content (AvgIpc) is 2.85. The van der Waals surface area contributed by atoms with Gasteiger partial charge in [0.25, 0.3) is 0 Å². The summed E-state index contributed by atoms with van der Waals surface area (Å²) < 4.78 is 2.16. The van der Waals surface area contributed by atoms with E-state index in [1.807, 2.05) is 12.1 Å². The summed E-state index contributed by atoms with van der Waals surface area (Å²) in [7, 11) is 2.07. The van der Waals surface area contributed by atoms with Crippen molar-refractivity contribution in [1.82, 2.24) is 4.57 Å². The summed E-state index contributed by atoms with van der Waals surface area (Å²) in [5.41, 5.74) is 4.05. The van der Waals surface area contributed by atoms with Crippen LogP contribution in [0.25, 0.3) is 10.9 Å². The van der Waals surface area contributed by atoms with E-state index in [0.29, 0.717) is 5.69 Å². The van der Waals surface area contributed by atoms with Crippen LogP contribution in [-0.4, -0.2) is 11.1 Å². The van der Waals surface area contributed by atoms with Crippen LogP contribution in [0.5, 0.6) is 0 Å². The Bertz CT molecular complexity index is 759. The molecule has 4 nitrogen and oxygen atoms in total. The molecule has 0 atom stereocenters. The highest BCUT2D eigenvalue weighted by Crippen LogP contribution is 2.21. The molecule has 0 saturated heterocycles. The smallest absolute Gasteiger partial charge is 0.108 e. The number of nitrogens with one attached hydrogen (secondary N) is 1. The summed E-state index contributed by atoms with van der Waals surface area (Å²) in [4.78, 5) is 10.4. The van der Waals surface area contributed by atoms with Gasteiger partial charge >= 0.3 is 0 Å². The van der Waals surface area contributed by atoms with Crippen molar-refractivity contribution < 1.29 is 0 Å². The normalized spacial score (nSPS) is 10.7. The van der Waals surface area contributed by atoms with E-state index in [0.717, 1.165) is 18.7 Å². The van der Waals surface area contributed by atoms with Gasteiger partial charge in [0.2, 0.25) is 0 Å². The predicted octanol–water partition coefficient (Wildman–Crippen LogP) is 4.23. The Hall–Kier alpha value is -2.62. The molecule has 0 spiro atoms. The van der Waals surface area contributed by atoms with Crippen LogP contribution in [0, 0.1) is 4.91 Å². The molecule has 0 unspecified atom stereocenters. The molecule has 0 aliphatic carbocycles. The molecule has 1 aromatic heterocycles. The molecule has 3 rings (SSSR count). The lowest BCUT2D eigenvalue weighted by Gasteiger charge is -2.05. The van der Waals surface area contributed by atoms with Gasteiger partial charge in [0.15, 0.2) is 0 Å². The zero-order valence-electron chi connectivity index (χ0n) is 11.9. The maximum atomic E-state index is 10.4. The molecule has 21 heavy (non-hydrogen) atoms. The van der Waals surface area contributed by atoms with Crippen LogP contribution in [0.3, 0.4) is 0 Å². The minimum absolute atomic E-state index is 0.453. The molecule has 0 radical (unpaired) electrons. The Labute approximate surface area is 123 Å². The van der Waals surface area contributed by atoms with Crippen LogP contribution < -0.4 is 5.32 Å². The van der Waals surface area contributed by atoms with E-state index >= 15 is 0 Å². The Kier molecular flexibility index (Phi) is 3.69. The van der Waals surface area contributed by atoms with Gasteiger partial charge < -0.3 is 9.88 Å². The predicted molar refractivity (Wildman–Crippen MR) is 87.0 cm³/mol. The fourth-order valence-corrected chi connectivity index (χ4v) is 2.61. The van der Waals surface area contributed by atoms with Gasteiger partial charge in [0, 0.05) is 36.4 Å². The number of benzene rings is 2. The molecule has 0 aliphatic heterocycles. The number of rotatable bonds is 5. The molecular weight excluding hydrogens is 262 g/mol. The first kappa shape index (κ1) is 13.4. The van der Waals surface area contributed by atoms with Crippen LogP contribution in [0.2, 0.25) is 0 Å². The molecular formula is C17H17N3O. The average molecular weight is 279 g/mol. The third kappa shape index (κ3) is 2.79. The highest BCUT2D eigenvalue weighted by Gasteiger charge is 2.05. The van der Waals surface area contributed by atoms with Gasteiger partial charge in [-0.05, 0) is 47.5 Å². The molecule has 4 heteroatoms. The van der Waals surface area contributed by atoms with E-state index in [9.17, 15) is 4.91 Å². The number of para-hydroxylation sites is 1. The molecule has 0 aliphatic rings. The monoisotopic (exact) mass is 279 g/mol. The third-order valence-corrected chi connectivity index (χ3v) is 3.68. The number of hydrogen-bond acceptors (Lipinski definition) is 3. The molecule has 106 valence electrons. The second kappa shape index (κ2) is 5.79. The van der Waals surface area contributed by atoms with Crippen LogP contribution in [0.15, 0.2) is 59.9 Å². The quantitative estimate of drug-likeness (QED) is 0.710. The van der Waals surface area contributed by atoms with E-state index in [1.54, 1.807) is 12.1 Å². The number of aryl methyl sites for hydroxylation is 1. The van der Waals surface area contributed by atoms with Gasteiger partial charge in [0.05, 0.1) is 0 Å². The lowest BCUT2D eigenvalue weighted by Crippen LogP contribution is -2.04. The highest BCUT2D eigenvalue weighted by molar-refractivity contribution is 5.83. The van der Waals surface area contributed by atoms with Gasteiger partial charge in [-0.3, -0.25) is 0 Å². The van der Waals surface area contributed by atoms with Gasteiger partial charge in [0.1, 0.15) is 5.69 Å². The molecule has 0 fully saturated rings. The van der Waals surface area contributed by atoms with Gasteiger partial charge in [-0.1, -0.05) is 18.2 Å². The van der Waals surface area contributed by atoms with E-state index < -0.39 is 0 Å². The maximum absolute atomic E-state index is 10.4. The van der Waals surface area contributed by atoms with Crippen molar-refractivity contribution >= 4 is 22.3 Å². The number of fused-ring (bicyclic) bond motifs is 1. The summed E-state index contributed by atoms with van der Waals surface area (Å²) in [6.07, 6.45) is 3.14. The van der Waals surface area contributed by atoms with Crippen molar-refractivity contribution in [3.63, 3.8) is 0 Å². The number of anilines is 1. The second-order valence-corrected chi connectivity index (χ2v) is 5.10.